The van der Waals surface area contributed by atoms with Gasteiger partial charge in [0.15, 0.2) is 0 Å². The van der Waals surface area contributed by atoms with E-state index in [1.165, 1.54) is 6.92 Å². The van der Waals surface area contributed by atoms with Crippen LogP contribution in [0.4, 0.5) is 0 Å². The third kappa shape index (κ3) is 3.32. The minimum absolute atomic E-state index is 0.0446. The molecule has 5 nitrogen and oxygen atoms in total. The van der Waals surface area contributed by atoms with Gasteiger partial charge in [0.25, 0.3) is 10.1 Å². The van der Waals surface area contributed by atoms with Crippen molar-refractivity contribution in [3.8, 4) is 0 Å². The van der Waals surface area contributed by atoms with E-state index in [-0.39, 0.29) is 6.04 Å². The molecule has 0 bridgehead atoms. The summed E-state index contributed by atoms with van der Waals surface area (Å²) in [6.07, 6.45) is 6.03. The molecule has 86 valence electrons. The van der Waals surface area contributed by atoms with E-state index >= 15 is 0 Å². The van der Waals surface area contributed by atoms with Gasteiger partial charge in [0.1, 0.15) is 12.4 Å². The van der Waals surface area contributed by atoms with E-state index in [4.69, 9.17) is 4.55 Å². The second-order valence-electron chi connectivity index (χ2n) is 3.94. The number of aryl methyl sites for hydroxylation is 1. The van der Waals surface area contributed by atoms with Gasteiger partial charge in [-0.3, -0.25) is 4.55 Å². The van der Waals surface area contributed by atoms with Crippen molar-refractivity contribution < 1.29 is 17.5 Å². The van der Waals surface area contributed by atoms with Crippen LogP contribution in [-0.4, -0.2) is 22.8 Å². The lowest BCUT2D eigenvalue weighted by molar-refractivity contribution is -0.671. The summed E-state index contributed by atoms with van der Waals surface area (Å²) in [4.78, 5) is 0. The topological polar surface area (TPSA) is 63.2 Å². The standard InChI is InChI=1S/C9H16N2O3S/c1-8(6-9(2)15(12,13)14)11-5-4-10(3)7-11/h4-5,7-9H,6H2,1-3H3/p+1. The Morgan fingerprint density at radius 3 is 2.47 bits per heavy atom. The maximum atomic E-state index is 10.8. The third-order valence-electron chi connectivity index (χ3n) is 2.48. The fourth-order valence-electron chi connectivity index (χ4n) is 1.45. The van der Waals surface area contributed by atoms with Crippen molar-refractivity contribution in [2.45, 2.75) is 31.6 Å². The van der Waals surface area contributed by atoms with Gasteiger partial charge in [-0.25, -0.2) is 9.13 Å². The zero-order valence-corrected chi connectivity index (χ0v) is 9.98. The maximum absolute atomic E-state index is 10.8. The predicted octanol–water partition coefficient (Wildman–Crippen LogP) is 0.540. The lowest BCUT2D eigenvalue weighted by atomic mass is 10.2. The first-order valence-electron chi connectivity index (χ1n) is 4.79. The summed E-state index contributed by atoms with van der Waals surface area (Å²) >= 11 is 0. The van der Waals surface area contributed by atoms with Crippen LogP contribution in [0, 0.1) is 0 Å². The molecule has 0 spiro atoms. The molecule has 1 N–H and O–H groups in total. The summed E-state index contributed by atoms with van der Waals surface area (Å²) in [6, 6.07) is 0.0446. The largest absolute Gasteiger partial charge is 0.285 e. The summed E-state index contributed by atoms with van der Waals surface area (Å²) < 4.78 is 34.3. The van der Waals surface area contributed by atoms with E-state index in [1.807, 2.05) is 41.8 Å². The Bertz CT molecular complexity index is 424. The monoisotopic (exact) mass is 233 g/mol. The van der Waals surface area contributed by atoms with E-state index in [0.29, 0.717) is 6.42 Å². The number of nitrogens with zero attached hydrogens (tertiary/aromatic N) is 2. The van der Waals surface area contributed by atoms with Crippen LogP contribution in [0.25, 0.3) is 0 Å². The summed E-state index contributed by atoms with van der Waals surface area (Å²) in [6.45, 7) is 3.43. The van der Waals surface area contributed by atoms with Crippen molar-refractivity contribution in [1.29, 1.82) is 0 Å². The number of rotatable bonds is 4. The van der Waals surface area contributed by atoms with Gasteiger partial charge in [0, 0.05) is 6.42 Å². The molecule has 0 aromatic carbocycles. The molecule has 15 heavy (non-hydrogen) atoms. The molecule has 1 rings (SSSR count). The first-order chi connectivity index (χ1) is 6.80. The van der Waals surface area contributed by atoms with Gasteiger partial charge in [-0.2, -0.15) is 8.42 Å². The molecule has 1 aromatic rings. The average Bonchev–Trinajstić information content (AvgIpc) is 2.50. The van der Waals surface area contributed by atoms with Crippen molar-refractivity contribution in [3.63, 3.8) is 0 Å². The minimum Gasteiger partial charge on any atom is -0.285 e. The second kappa shape index (κ2) is 4.32. The highest BCUT2D eigenvalue weighted by molar-refractivity contribution is 7.86. The lowest BCUT2D eigenvalue weighted by Crippen LogP contribution is -2.25. The van der Waals surface area contributed by atoms with Gasteiger partial charge < -0.3 is 0 Å². The fraction of sp³-hybridized carbons (Fsp3) is 0.667. The molecular formula is C9H17N2O3S+. The number of imidazole rings is 1. The molecule has 1 heterocycles. The Morgan fingerprint density at radius 1 is 1.47 bits per heavy atom. The Balaban J connectivity index is 2.68. The second-order valence-corrected chi connectivity index (χ2v) is 5.77. The smallest absolute Gasteiger partial charge is 0.267 e. The van der Waals surface area contributed by atoms with E-state index in [0.717, 1.165) is 0 Å². The van der Waals surface area contributed by atoms with Crippen LogP contribution in [0.3, 0.4) is 0 Å². The first kappa shape index (κ1) is 12.2. The molecule has 1 aromatic heterocycles. The molecule has 0 saturated heterocycles. The van der Waals surface area contributed by atoms with E-state index in [1.54, 1.807) is 0 Å². The first-order valence-corrected chi connectivity index (χ1v) is 6.30. The molecule has 2 atom stereocenters. The Hall–Kier alpha value is -0.880. The number of aromatic nitrogens is 2. The summed E-state index contributed by atoms with van der Waals surface area (Å²) in [5.74, 6) is 0. The summed E-state index contributed by atoms with van der Waals surface area (Å²) in [5.41, 5.74) is 0. The van der Waals surface area contributed by atoms with E-state index < -0.39 is 15.4 Å². The minimum atomic E-state index is -3.92. The highest BCUT2D eigenvalue weighted by Crippen LogP contribution is 2.16. The van der Waals surface area contributed by atoms with Crippen molar-refractivity contribution in [1.82, 2.24) is 4.57 Å². The van der Waals surface area contributed by atoms with Crippen molar-refractivity contribution >= 4 is 10.1 Å². The SMILES string of the molecule is CC(CC(C)S(=O)(=O)O)n1cc[n+](C)c1. The lowest BCUT2D eigenvalue weighted by Gasteiger charge is -2.12. The van der Waals surface area contributed by atoms with Crippen molar-refractivity contribution in [2.75, 3.05) is 0 Å². The van der Waals surface area contributed by atoms with Crippen LogP contribution in [-0.2, 0) is 17.2 Å². The van der Waals surface area contributed by atoms with Crippen LogP contribution >= 0.6 is 0 Å². The van der Waals surface area contributed by atoms with Gasteiger partial charge in [-0.05, 0) is 13.8 Å². The van der Waals surface area contributed by atoms with Gasteiger partial charge in [0.2, 0.25) is 6.33 Å². The molecule has 0 amide bonds. The van der Waals surface area contributed by atoms with E-state index in [2.05, 4.69) is 0 Å². The summed E-state index contributed by atoms with van der Waals surface area (Å²) in [5, 5.41) is -0.736. The van der Waals surface area contributed by atoms with Crippen LogP contribution < -0.4 is 4.57 Å². The molecular weight excluding hydrogens is 216 g/mol. The van der Waals surface area contributed by atoms with Crippen LogP contribution in [0.5, 0.6) is 0 Å². The molecule has 0 fully saturated rings. The zero-order chi connectivity index (χ0) is 11.6. The molecule has 6 heteroatoms. The Kier molecular flexibility index (Phi) is 3.51. The molecule has 0 radical (unpaired) electrons. The van der Waals surface area contributed by atoms with Crippen LogP contribution in [0.15, 0.2) is 18.7 Å². The normalized spacial score (nSPS) is 16.3. The predicted molar refractivity (Wildman–Crippen MR) is 55.9 cm³/mol. The zero-order valence-electron chi connectivity index (χ0n) is 9.16. The van der Waals surface area contributed by atoms with Crippen molar-refractivity contribution in [2.24, 2.45) is 7.05 Å². The highest BCUT2D eigenvalue weighted by atomic mass is 32.2. The molecule has 2 unspecified atom stereocenters. The average molecular weight is 233 g/mol. The maximum Gasteiger partial charge on any atom is 0.267 e. The van der Waals surface area contributed by atoms with Gasteiger partial charge in [-0.15, -0.1) is 0 Å². The Morgan fingerprint density at radius 2 is 2.07 bits per heavy atom. The van der Waals surface area contributed by atoms with Gasteiger partial charge >= 0.3 is 0 Å². The van der Waals surface area contributed by atoms with E-state index in [9.17, 15) is 8.42 Å². The number of hydrogen-bond donors (Lipinski definition) is 1. The molecule has 0 aliphatic heterocycles. The molecule has 0 aliphatic rings. The fourth-order valence-corrected chi connectivity index (χ4v) is 1.98. The third-order valence-corrected chi connectivity index (χ3v) is 3.69. The van der Waals surface area contributed by atoms with Gasteiger partial charge in [0.05, 0.1) is 18.3 Å². The Labute approximate surface area is 90.1 Å². The highest BCUT2D eigenvalue weighted by Gasteiger charge is 2.22. The molecule has 0 saturated carbocycles. The van der Waals surface area contributed by atoms with Crippen molar-refractivity contribution in [3.05, 3.63) is 18.7 Å². The number of hydrogen-bond acceptors (Lipinski definition) is 2. The quantitative estimate of drug-likeness (QED) is 0.610. The summed E-state index contributed by atoms with van der Waals surface area (Å²) in [7, 11) is -2.02. The van der Waals surface area contributed by atoms with Gasteiger partial charge in [-0.1, -0.05) is 0 Å². The van der Waals surface area contributed by atoms with Crippen LogP contribution in [0.2, 0.25) is 0 Å². The molecule has 0 aliphatic carbocycles. The van der Waals surface area contributed by atoms with Crippen LogP contribution in [0.1, 0.15) is 26.3 Å².